The monoisotopic (exact) mass is 183 g/mol. The van der Waals surface area contributed by atoms with Crippen molar-refractivity contribution in [2.45, 2.75) is 46.0 Å². The van der Waals surface area contributed by atoms with E-state index in [1.165, 1.54) is 45.2 Å². The molecule has 1 nitrogen and oxygen atoms in total. The van der Waals surface area contributed by atoms with E-state index in [1.54, 1.807) is 0 Å². The molecule has 0 aliphatic heterocycles. The maximum absolute atomic E-state index is 2.48. The van der Waals surface area contributed by atoms with Crippen LogP contribution in [-0.4, -0.2) is 25.0 Å². The first-order valence-electron chi connectivity index (χ1n) is 5.96. The smallest absolute Gasteiger partial charge is 0.00190 e. The second kappa shape index (κ2) is 5.64. The SMILES string of the molecule is CCCN(C)CC[C@@H]1CC[C@@H]1CC. The molecular formula is C12H25N. The molecule has 0 N–H and O–H groups in total. The summed E-state index contributed by atoms with van der Waals surface area (Å²) < 4.78 is 0. The summed E-state index contributed by atoms with van der Waals surface area (Å²) in [7, 11) is 2.25. The van der Waals surface area contributed by atoms with Crippen molar-refractivity contribution in [2.24, 2.45) is 11.8 Å². The van der Waals surface area contributed by atoms with Crippen LogP contribution in [0, 0.1) is 11.8 Å². The lowest BCUT2D eigenvalue weighted by molar-refractivity contribution is 0.141. The van der Waals surface area contributed by atoms with E-state index in [9.17, 15) is 0 Å². The van der Waals surface area contributed by atoms with Crippen molar-refractivity contribution in [1.29, 1.82) is 0 Å². The summed E-state index contributed by atoms with van der Waals surface area (Å²) in [6.45, 7) is 7.18. The standard InChI is InChI=1S/C12H25N/c1-4-9-13(3)10-8-12-7-6-11(12)5-2/h11-12H,4-10H2,1-3H3/t11-,12-/m0/s1. The molecule has 0 heterocycles. The van der Waals surface area contributed by atoms with Crippen LogP contribution in [0.2, 0.25) is 0 Å². The van der Waals surface area contributed by atoms with Gasteiger partial charge in [-0.05, 0) is 57.7 Å². The van der Waals surface area contributed by atoms with E-state index >= 15 is 0 Å². The minimum atomic E-state index is 1.06. The highest BCUT2D eigenvalue weighted by molar-refractivity contribution is 4.80. The van der Waals surface area contributed by atoms with Crippen LogP contribution >= 0.6 is 0 Å². The van der Waals surface area contributed by atoms with E-state index in [2.05, 4.69) is 25.8 Å². The van der Waals surface area contributed by atoms with E-state index in [1.807, 2.05) is 0 Å². The van der Waals surface area contributed by atoms with Gasteiger partial charge in [-0.15, -0.1) is 0 Å². The van der Waals surface area contributed by atoms with Gasteiger partial charge < -0.3 is 4.90 Å². The molecule has 0 unspecified atom stereocenters. The predicted molar refractivity (Wildman–Crippen MR) is 58.9 cm³/mol. The summed E-state index contributed by atoms with van der Waals surface area (Å²) in [6.07, 6.45) is 7.13. The van der Waals surface area contributed by atoms with Crippen LogP contribution < -0.4 is 0 Å². The fraction of sp³-hybridized carbons (Fsp3) is 1.00. The van der Waals surface area contributed by atoms with Crippen molar-refractivity contribution in [3.8, 4) is 0 Å². The minimum absolute atomic E-state index is 1.06. The Balaban J connectivity index is 2.05. The van der Waals surface area contributed by atoms with Gasteiger partial charge in [-0.2, -0.15) is 0 Å². The maximum atomic E-state index is 2.48. The molecule has 78 valence electrons. The average molecular weight is 183 g/mol. The van der Waals surface area contributed by atoms with Crippen molar-refractivity contribution < 1.29 is 0 Å². The van der Waals surface area contributed by atoms with Gasteiger partial charge in [-0.1, -0.05) is 20.3 Å². The molecule has 1 aliphatic rings. The molecule has 0 aromatic heterocycles. The van der Waals surface area contributed by atoms with Crippen molar-refractivity contribution in [3.63, 3.8) is 0 Å². The van der Waals surface area contributed by atoms with E-state index in [-0.39, 0.29) is 0 Å². The third-order valence-corrected chi connectivity index (χ3v) is 3.59. The highest BCUT2D eigenvalue weighted by atomic mass is 15.1. The van der Waals surface area contributed by atoms with Gasteiger partial charge in [0, 0.05) is 0 Å². The topological polar surface area (TPSA) is 3.24 Å². The molecular weight excluding hydrogens is 158 g/mol. The highest BCUT2D eigenvalue weighted by Crippen LogP contribution is 2.38. The number of hydrogen-bond acceptors (Lipinski definition) is 1. The van der Waals surface area contributed by atoms with E-state index in [0.29, 0.717) is 0 Å². The fourth-order valence-electron chi connectivity index (χ4n) is 2.44. The van der Waals surface area contributed by atoms with Crippen LogP contribution in [0.25, 0.3) is 0 Å². The zero-order valence-corrected chi connectivity index (χ0v) is 9.55. The third kappa shape index (κ3) is 3.30. The van der Waals surface area contributed by atoms with Crippen molar-refractivity contribution >= 4 is 0 Å². The molecule has 1 heteroatoms. The first kappa shape index (κ1) is 11.0. The van der Waals surface area contributed by atoms with Gasteiger partial charge in [0.2, 0.25) is 0 Å². The first-order chi connectivity index (χ1) is 6.27. The summed E-state index contributed by atoms with van der Waals surface area (Å²) in [5, 5.41) is 0. The zero-order chi connectivity index (χ0) is 9.68. The molecule has 1 rings (SSSR count). The summed E-state index contributed by atoms with van der Waals surface area (Å²) in [4.78, 5) is 2.48. The number of hydrogen-bond donors (Lipinski definition) is 0. The summed E-state index contributed by atoms with van der Waals surface area (Å²) in [5.41, 5.74) is 0. The molecule has 0 aromatic carbocycles. The summed E-state index contributed by atoms with van der Waals surface area (Å²) in [6, 6.07) is 0. The Labute approximate surface area is 83.5 Å². The summed E-state index contributed by atoms with van der Waals surface area (Å²) >= 11 is 0. The van der Waals surface area contributed by atoms with Gasteiger partial charge in [0.1, 0.15) is 0 Å². The van der Waals surface area contributed by atoms with Gasteiger partial charge in [0.15, 0.2) is 0 Å². The van der Waals surface area contributed by atoms with Gasteiger partial charge in [-0.25, -0.2) is 0 Å². The average Bonchev–Trinajstić information content (AvgIpc) is 2.04. The normalized spacial score (nSPS) is 27.7. The predicted octanol–water partition coefficient (Wildman–Crippen LogP) is 3.15. The van der Waals surface area contributed by atoms with E-state index in [0.717, 1.165) is 11.8 Å². The first-order valence-corrected chi connectivity index (χ1v) is 5.96. The molecule has 2 atom stereocenters. The van der Waals surface area contributed by atoms with Gasteiger partial charge >= 0.3 is 0 Å². The second-order valence-electron chi connectivity index (χ2n) is 4.60. The van der Waals surface area contributed by atoms with E-state index < -0.39 is 0 Å². The molecule has 0 spiro atoms. The van der Waals surface area contributed by atoms with Crippen LogP contribution in [0.1, 0.15) is 46.0 Å². The molecule has 0 aromatic rings. The molecule has 1 fully saturated rings. The Morgan fingerprint density at radius 2 is 1.77 bits per heavy atom. The van der Waals surface area contributed by atoms with Crippen molar-refractivity contribution in [3.05, 3.63) is 0 Å². The lowest BCUT2D eigenvalue weighted by atomic mass is 9.70. The Bertz CT molecular complexity index is 131. The second-order valence-corrected chi connectivity index (χ2v) is 4.60. The number of nitrogens with zero attached hydrogens (tertiary/aromatic N) is 1. The quantitative estimate of drug-likeness (QED) is 0.611. The Kier molecular flexibility index (Phi) is 4.79. The molecule has 1 saturated carbocycles. The molecule has 0 amide bonds. The van der Waals surface area contributed by atoms with Crippen LogP contribution in [0.15, 0.2) is 0 Å². The summed E-state index contributed by atoms with van der Waals surface area (Å²) in [5.74, 6) is 2.12. The maximum Gasteiger partial charge on any atom is -0.00190 e. The van der Waals surface area contributed by atoms with Crippen LogP contribution in [0.3, 0.4) is 0 Å². The Morgan fingerprint density at radius 1 is 1.08 bits per heavy atom. The van der Waals surface area contributed by atoms with Crippen LogP contribution in [-0.2, 0) is 0 Å². The van der Waals surface area contributed by atoms with Gasteiger partial charge in [-0.3, -0.25) is 0 Å². The molecule has 0 saturated heterocycles. The Morgan fingerprint density at radius 3 is 2.23 bits per heavy atom. The number of rotatable bonds is 6. The van der Waals surface area contributed by atoms with Crippen molar-refractivity contribution in [1.82, 2.24) is 4.90 Å². The van der Waals surface area contributed by atoms with Gasteiger partial charge in [0.05, 0.1) is 0 Å². The largest absolute Gasteiger partial charge is 0.306 e. The fourth-order valence-corrected chi connectivity index (χ4v) is 2.44. The van der Waals surface area contributed by atoms with Gasteiger partial charge in [0.25, 0.3) is 0 Å². The Hall–Kier alpha value is -0.0400. The molecule has 1 aliphatic carbocycles. The molecule has 0 radical (unpaired) electrons. The lowest BCUT2D eigenvalue weighted by Gasteiger charge is -2.37. The minimum Gasteiger partial charge on any atom is -0.306 e. The zero-order valence-electron chi connectivity index (χ0n) is 9.55. The lowest BCUT2D eigenvalue weighted by Crippen LogP contribution is -2.30. The van der Waals surface area contributed by atoms with Crippen molar-refractivity contribution in [2.75, 3.05) is 20.1 Å². The molecule has 0 bridgehead atoms. The van der Waals surface area contributed by atoms with Crippen LogP contribution in [0.4, 0.5) is 0 Å². The molecule has 13 heavy (non-hydrogen) atoms. The highest BCUT2D eigenvalue weighted by Gasteiger charge is 2.28. The third-order valence-electron chi connectivity index (χ3n) is 3.59. The van der Waals surface area contributed by atoms with E-state index in [4.69, 9.17) is 0 Å². The van der Waals surface area contributed by atoms with Crippen LogP contribution in [0.5, 0.6) is 0 Å².